The van der Waals surface area contributed by atoms with E-state index in [0.29, 0.717) is 31.7 Å². The number of benzene rings is 2. The van der Waals surface area contributed by atoms with Crippen molar-refractivity contribution in [3.8, 4) is 0 Å². The van der Waals surface area contributed by atoms with Gasteiger partial charge in [-0.05, 0) is 47.7 Å². The second-order valence-electron chi connectivity index (χ2n) is 9.52. The van der Waals surface area contributed by atoms with Crippen molar-refractivity contribution in [1.82, 2.24) is 10.2 Å². The van der Waals surface area contributed by atoms with Crippen molar-refractivity contribution in [1.29, 1.82) is 0 Å². The number of carbonyl (C=O) groups is 4. The number of ether oxygens (including phenoxy) is 1. The molecule has 35 heavy (non-hydrogen) atoms. The van der Waals surface area contributed by atoms with Gasteiger partial charge in [0.2, 0.25) is 11.8 Å². The molecule has 1 atom stereocenters. The Hall–Kier alpha value is -3.52. The van der Waals surface area contributed by atoms with Crippen LogP contribution in [0.15, 0.2) is 42.5 Å². The normalized spacial score (nSPS) is 16.7. The van der Waals surface area contributed by atoms with Crippen LogP contribution >= 0.6 is 0 Å². The topological polar surface area (TPSA) is 105 Å². The maximum atomic E-state index is 12.9. The minimum Gasteiger partial charge on any atom is -0.379 e. The standard InChI is InChI=1S/C27H31N3O5/c1-27(16-35-17-27)20-6-8-21(9-7-20)29-25(33)11-4-18-3-5-19-14-30(26(34)23(19)13-18)22(15-31)10-12-24(32)28-2/h3,5-9,13,15,22H,4,10-12,14,16-17H2,1-2H3,(H,28,32)(H,29,33). The molecule has 1 saturated heterocycles. The van der Waals surface area contributed by atoms with E-state index in [1.165, 1.54) is 10.5 Å². The van der Waals surface area contributed by atoms with E-state index in [1.54, 1.807) is 7.05 Å². The molecule has 1 fully saturated rings. The second kappa shape index (κ2) is 10.4. The lowest BCUT2D eigenvalue weighted by Gasteiger charge is -2.38. The van der Waals surface area contributed by atoms with Crippen LogP contribution in [0, 0.1) is 0 Å². The summed E-state index contributed by atoms with van der Waals surface area (Å²) in [5.41, 5.74) is 4.29. The highest BCUT2D eigenvalue weighted by atomic mass is 16.5. The van der Waals surface area contributed by atoms with Crippen LogP contribution in [0.1, 0.15) is 53.2 Å². The number of nitrogens with zero attached hydrogens (tertiary/aromatic N) is 1. The molecule has 0 saturated carbocycles. The van der Waals surface area contributed by atoms with E-state index < -0.39 is 6.04 Å². The molecule has 2 heterocycles. The molecular formula is C27H31N3O5. The highest BCUT2D eigenvalue weighted by Crippen LogP contribution is 2.32. The second-order valence-corrected chi connectivity index (χ2v) is 9.52. The van der Waals surface area contributed by atoms with Gasteiger partial charge in [-0.25, -0.2) is 0 Å². The minimum absolute atomic E-state index is 0.0546. The molecule has 184 valence electrons. The molecule has 0 bridgehead atoms. The SMILES string of the molecule is CNC(=O)CCC(C=O)N1Cc2ccc(CCC(=O)Nc3ccc(C4(C)COC4)cc3)cc2C1=O. The van der Waals surface area contributed by atoms with Crippen LogP contribution in [0.3, 0.4) is 0 Å². The lowest BCUT2D eigenvalue weighted by atomic mass is 9.81. The lowest BCUT2D eigenvalue weighted by molar-refractivity contribution is -0.121. The van der Waals surface area contributed by atoms with Gasteiger partial charge in [0, 0.05) is 43.1 Å². The van der Waals surface area contributed by atoms with Gasteiger partial charge in [-0.3, -0.25) is 14.4 Å². The number of aryl methyl sites for hydroxylation is 1. The van der Waals surface area contributed by atoms with Crippen molar-refractivity contribution in [3.63, 3.8) is 0 Å². The summed E-state index contributed by atoms with van der Waals surface area (Å²) >= 11 is 0. The van der Waals surface area contributed by atoms with Gasteiger partial charge in [0.15, 0.2) is 0 Å². The average molecular weight is 478 g/mol. The van der Waals surface area contributed by atoms with Crippen LogP contribution in [-0.4, -0.2) is 55.2 Å². The summed E-state index contributed by atoms with van der Waals surface area (Å²) in [5, 5.41) is 5.46. The van der Waals surface area contributed by atoms with Crippen LogP contribution < -0.4 is 10.6 Å². The van der Waals surface area contributed by atoms with Crippen molar-refractivity contribution in [2.24, 2.45) is 0 Å². The van der Waals surface area contributed by atoms with E-state index in [-0.39, 0.29) is 42.4 Å². The first-order chi connectivity index (χ1) is 16.8. The van der Waals surface area contributed by atoms with Crippen molar-refractivity contribution in [2.75, 3.05) is 25.6 Å². The molecule has 0 radical (unpaired) electrons. The Morgan fingerprint density at radius 1 is 1.11 bits per heavy atom. The Labute approximate surface area is 205 Å². The molecular weight excluding hydrogens is 446 g/mol. The Bertz CT molecular complexity index is 1120. The third-order valence-corrected chi connectivity index (χ3v) is 6.86. The summed E-state index contributed by atoms with van der Waals surface area (Å²) < 4.78 is 5.32. The molecule has 2 N–H and O–H groups in total. The highest BCUT2D eigenvalue weighted by molar-refractivity contribution is 6.00. The first-order valence-electron chi connectivity index (χ1n) is 11.9. The molecule has 8 nitrogen and oxygen atoms in total. The lowest BCUT2D eigenvalue weighted by Crippen LogP contribution is -2.43. The molecule has 0 aromatic heterocycles. The van der Waals surface area contributed by atoms with Gasteiger partial charge < -0.3 is 25.1 Å². The van der Waals surface area contributed by atoms with Crippen molar-refractivity contribution < 1.29 is 23.9 Å². The predicted molar refractivity (Wildman–Crippen MR) is 131 cm³/mol. The monoisotopic (exact) mass is 477 g/mol. The molecule has 2 aromatic carbocycles. The number of carbonyl (C=O) groups excluding carboxylic acids is 4. The summed E-state index contributed by atoms with van der Waals surface area (Å²) in [6.45, 7) is 3.93. The summed E-state index contributed by atoms with van der Waals surface area (Å²) in [5.74, 6) is -0.481. The average Bonchev–Trinajstić information content (AvgIpc) is 3.17. The number of anilines is 1. The number of nitrogens with one attached hydrogen (secondary N) is 2. The Kier molecular flexibility index (Phi) is 7.31. The van der Waals surface area contributed by atoms with Crippen molar-refractivity contribution in [2.45, 2.75) is 50.6 Å². The van der Waals surface area contributed by atoms with E-state index in [4.69, 9.17) is 4.74 Å². The number of hydrogen-bond donors (Lipinski definition) is 2. The van der Waals surface area contributed by atoms with Gasteiger partial charge in [-0.2, -0.15) is 0 Å². The number of fused-ring (bicyclic) bond motifs is 1. The van der Waals surface area contributed by atoms with Crippen LogP contribution in [0.2, 0.25) is 0 Å². The third kappa shape index (κ3) is 5.43. The number of aldehydes is 1. The first-order valence-corrected chi connectivity index (χ1v) is 11.9. The smallest absolute Gasteiger partial charge is 0.255 e. The first kappa shape index (κ1) is 24.6. The quantitative estimate of drug-likeness (QED) is 0.512. The molecule has 3 amide bonds. The van der Waals surface area contributed by atoms with E-state index in [9.17, 15) is 19.2 Å². The summed E-state index contributed by atoms with van der Waals surface area (Å²) in [6, 6.07) is 12.8. The van der Waals surface area contributed by atoms with Crippen LogP contribution in [0.4, 0.5) is 5.69 Å². The number of amides is 3. The third-order valence-electron chi connectivity index (χ3n) is 6.86. The highest BCUT2D eigenvalue weighted by Gasteiger charge is 2.35. The van der Waals surface area contributed by atoms with E-state index in [0.717, 1.165) is 23.1 Å². The summed E-state index contributed by atoms with van der Waals surface area (Å²) in [6.07, 6.45) is 1.96. The van der Waals surface area contributed by atoms with Crippen LogP contribution in [-0.2, 0) is 37.5 Å². The molecule has 4 rings (SSSR count). The zero-order chi connectivity index (χ0) is 25.0. The number of rotatable bonds is 10. The van der Waals surface area contributed by atoms with E-state index in [2.05, 4.69) is 17.6 Å². The predicted octanol–water partition coefficient (Wildman–Crippen LogP) is 2.60. The van der Waals surface area contributed by atoms with Gasteiger partial charge in [0.1, 0.15) is 6.29 Å². The van der Waals surface area contributed by atoms with Gasteiger partial charge >= 0.3 is 0 Å². The van der Waals surface area contributed by atoms with E-state index >= 15 is 0 Å². The van der Waals surface area contributed by atoms with Crippen molar-refractivity contribution >= 4 is 29.7 Å². The zero-order valence-corrected chi connectivity index (χ0v) is 20.1. The molecule has 0 aliphatic carbocycles. The van der Waals surface area contributed by atoms with Gasteiger partial charge in [-0.1, -0.05) is 31.2 Å². The van der Waals surface area contributed by atoms with Gasteiger partial charge in [0.25, 0.3) is 5.91 Å². The van der Waals surface area contributed by atoms with Gasteiger partial charge in [0.05, 0.1) is 19.3 Å². The largest absolute Gasteiger partial charge is 0.379 e. The Balaban J connectivity index is 1.32. The fourth-order valence-corrected chi connectivity index (χ4v) is 4.51. The van der Waals surface area contributed by atoms with Crippen molar-refractivity contribution in [3.05, 3.63) is 64.7 Å². The fraction of sp³-hybridized carbons (Fsp3) is 0.407. The minimum atomic E-state index is -0.646. The van der Waals surface area contributed by atoms with Gasteiger partial charge in [-0.15, -0.1) is 0 Å². The molecule has 2 aromatic rings. The maximum absolute atomic E-state index is 12.9. The fourth-order valence-electron chi connectivity index (χ4n) is 4.51. The Morgan fingerprint density at radius 3 is 2.49 bits per heavy atom. The molecule has 2 aliphatic heterocycles. The van der Waals surface area contributed by atoms with Crippen LogP contribution in [0.5, 0.6) is 0 Å². The molecule has 0 spiro atoms. The Morgan fingerprint density at radius 2 is 1.86 bits per heavy atom. The van der Waals surface area contributed by atoms with E-state index in [1.807, 2.05) is 42.5 Å². The summed E-state index contributed by atoms with van der Waals surface area (Å²) in [7, 11) is 1.54. The maximum Gasteiger partial charge on any atom is 0.255 e. The zero-order valence-electron chi connectivity index (χ0n) is 20.1. The number of hydrogen-bond acceptors (Lipinski definition) is 5. The van der Waals surface area contributed by atoms with Crippen LogP contribution in [0.25, 0.3) is 0 Å². The molecule has 8 heteroatoms. The summed E-state index contributed by atoms with van der Waals surface area (Å²) in [4.78, 5) is 50.1. The molecule has 2 aliphatic rings. The molecule has 1 unspecified atom stereocenters.